The molecule has 0 aliphatic rings. The van der Waals surface area contributed by atoms with Crippen LogP contribution in [0.2, 0.25) is 0 Å². The van der Waals surface area contributed by atoms with Crippen molar-refractivity contribution in [3.63, 3.8) is 0 Å². The summed E-state index contributed by atoms with van der Waals surface area (Å²) in [4.78, 5) is 3.12. The van der Waals surface area contributed by atoms with Crippen LogP contribution >= 0.6 is 38.5 Å². The monoisotopic (exact) mass is 412 g/mol. The number of hydrogen-bond donors (Lipinski definition) is 1. The van der Waals surface area contributed by atoms with Gasteiger partial charge in [0.25, 0.3) is 6.43 Å². The molecule has 1 heterocycles. The van der Waals surface area contributed by atoms with Gasteiger partial charge in [0.2, 0.25) is 10.0 Å². The first-order valence-corrected chi connectivity index (χ1v) is 6.82. The fourth-order valence-corrected chi connectivity index (χ4v) is 3.19. The third-order valence-electron chi connectivity index (χ3n) is 1.43. The second kappa shape index (κ2) is 4.55. The van der Waals surface area contributed by atoms with Gasteiger partial charge in [-0.25, -0.2) is 27.3 Å². The number of pyridine rings is 1. The molecule has 2 N–H and O–H groups in total. The molecule has 0 aliphatic carbocycles. The van der Waals surface area contributed by atoms with Crippen molar-refractivity contribution in [2.75, 3.05) is 0 Å². The third kappa shape index (κ3) is 3.04. The van der Waals surface area contributed by atoms with Gasteiger partial charge in [-0.1, -0.05) is 0 Å². The maximum atomic E-state index is 12.3. The Hall–Kier alpha value is 0.130. The number of nitrogens with zero attached hydrogens (tertiary/aromatic N) is 1. The van der Waals surface area contributed by atoms with Crippen LogP contribution in [0.5, 0.6) is 0 Å². The zero-order valence-corrected chi connectivity index (χ0v) is 11.5. The number of primary sulfonamides is 1. The first-order valence-electron chi connectivity index (χ1n) is 3.40. The summed E-state index contributed by atoms with van der Waals surface area (Å²) in [6.07, 6.45) is -2.85. The van der Waals surface area contributed by atoms with Crippen molar-refractivity contribution in [2.24, 2.45) is 5.14 Å². The first-order chi connectivity index (χ1) is 6.73. The number of aromatic nitrogens is 1. The van der Waals surface area contributed by atoms with E-state index in [9.17, 15) is 17.2 Å². The quantitative estimate of drug-likeness (QED) is 0.596. The molecule has 0 radical (unpaired) electrons. The molecule has 0 spiro atoms. The number of rotatable bonds is 2. The van der Waals surface area contributed by atoms with Crippen LogP contribution in [0, 0.1) is 3.57 Å². The maximum Gasteiger partial charge on any atom is 0.280 e. The number of hydrogen-bond acceptors (Lipinski definition) is 3. The van der Waals surface area contributed by atoms with Crippen molar-refractivity contribution < 1.29 is 17.2 Å². The minimum Gasteiger partial charge on any atom is -0.239 e. The van der Waals surface area contributed by atoms with Crippen molar-refractivity contribution in [2.45, 2.75) is 11.3 Å². The second-order valence-electron chi connectivity index (χ2n) is 2.50. The summed E-state index contributed by atoms with van der Waals surface area (Å²) >= 11 is 4.54. The lowest BCUT2D eigenvalue weighted by molar-refractivity contribution is 0.145. The summed E-state index contributed by atoms with van der Waals surface area (Å²) in [6, 6.07) is 0.770. The highest BCUT2D eigenvalue weighted by molar-refractivity contribution is 14.1. The Bertz CT molecular complexity index is 494. The lowest BCUT2D eigenvalue weighted by Gasteiger charge is -2.06. The minimum atomic E-state index is -4.02. The van der Waals surface area contributed by atoms with Crippen LogP contribution in [0.1, 0.15) is 12.1 Å². The maximum absolute atomic E-state index is 12.3. The molecular weight excluding hydrogens is 409 g/mol. The zero-order valence-electron chi connectivity index (χ0n) is 6.92. The average molecular weight is 413 g/mol. The molecule has 0 fully saturated rings. The lowest BCUT2D eigenvalue weighted by Crippen LogP contribution is -2.15. The highest BCUT2D eigenvalue weighted by atomic mass is 127. The second-order valence-corrected chi connectivity index (χ2v) is 5.86. The Labute approximate surface area is 107 Å². The summed E-state index contributed by atoms with van der Waals surface area (Å²) in [5.41, 5.74) is -0.633. The molecule has 4 nitrogen and oxygen atoms in total. The van der Waals surface area contributed by atoms with E-state index in [-0.39, 0.29) is 13.1 Å². The van der Waals surface area contributed by atoms with E-state index < -0.39 is 22.1 Å². The molecule has 9 heteroatoms. The molecule has 0 atom stereocenters. The molecule has 84 valence electrons. The van der Waals surface area contributed by atoms with E-state index in [1.165, 1.54) is 0 Å². The smallest absolute Gasteiger partial charge is 0.239 e. The Morgan fingerprint density at radius 3 is 2.47 bits per heavy atom. The summed E-state index contributed by atoms with van der Waals surface area (Å²) < 4.78 is 47.0. The molecular formula is C6H4BrF2IN2O2S. The van der Waals surface area contributed by atoms with Crippen LogP contribution in [-0.4, -0.2) is 13.4 Å². The highest BCUT2D eigenvalue weighted by Gasteiger charge is 2.20. The standard InChI is InChI=1S/C6H4BrF2IN2O2S/c7-5-4(10)3(15(11,13)14)1-2(12-5)6(8)9/h1,6H,(H2,11,13,14). The topological polar surface area (TPSA) is 73.1 Å². The normalized spacial score (nSPS) is 12.1. The Kier molecular flexibility index (Phi) is 4.01. The number of sulfonamides is 1. The van der Waals surface area contributed by atoms with Gasteiger partial charge in [-0.3, -0.25) is 0 Å². The van der Waals surface area contributed by atoms with Crippen LogP contribution < -0.4 is 5.14 Å². The van der Waals surface area contributed by atoms with E-state index in [1.54, 1.807) is 22.6 Å². The van der Waals surface area contributed by atoms with Crippen LogP contribution in [0.3, 0.4) is 0 Å². The molecule has 0 unspecified atom stereocenters. The summed E-state index contributed by atoms with van der Waals surface area (Å²) in [7, 11) is -4.02. The lowest BCUT2D eigenvalue weighted by atomic mass is 10.4. The van der Waals surface area contributed by atoms with Crippen molar-refractivity contribution >= 4 is 48.5 Å². The number of halogens is 4. The molecule has 0 saturated heterocycles. The van der Waals surface area contributed by atoms with Crippen LogP contribution in [0.4, 0.5) is 8.78 Å². The molecule has 1 aromatic rings. The fourth-order valence-electron chi connectivity index (χ4n) is 0.813. The molecule has 0 saturated carbocycles. The van der Waals surface area contributed by atoms with Crippen LogP contribution in [0.25, 0.3) is 0 Å². The van der Waals surface area contributed by atoms with Gasteiger partial charge in [0.05, 0.1) is 8.47 Å². The average Bonchev–Trinajstić information content (AvgIpc) is 2.06. The Morgan fingerprint density at radius 1 is 1.53 bits per heavy atom. The highest BCUT2D eigenvalue weighted by Crippen LogP contribution is 2.28. The van der Waals surface area contributed by atoms with Crippen LogP contribution in [-0.2, 0) is 10.0 Å². The van der Waals surface area contributed by atoms with Crippen molar-refractivity contribution in [3.8, 4) is 0 Å². The predicted octanol–water partition coefficient (Wildman–Crippen LogP) is 2.03. The van der Waals surface area contributed by atoms with E-state index in [0.717, 1.165) is 6.07 Å². The number of nitrogens with two attached hydrogens (primary N) is 1. The Balaban J connectivity index is 3.52. The van der Waals surface area contributed by atoms with E-state index in [4.69, 9.17) is 5.14 Å². The van der Waals surface area contributed by atoms with Gasteiger partial charge in [-0.05, 0) is 44.6 Å². The van der Waals surface area contributed by atoms with E-state index in [0.29, 0.717) is 0 Å². The minimum absolute atomic E-state index is 0.0323. The molecule has 0 bridgehead atoms. The molecule has 0 aliphatic heterocycles. The van der Waals surface area contributed by atoms with Gasteiger partial charge >= 0.3 is 0 Å². The molecule has 15 heavy (non-hydrogen) atoms. The van der Waals surface area contributed by atoms with E-state index in [2.05, 4.69) is 20.9 Å². The number of alkyl halides is 2. The summed E-state index contributed by atoms with van der Waals surface area (Å²) in [5, 5.41) is 4.87. The molecule has 0 aromatic carbocycles. The van der Waals surface area contributed by atoms with E-state index >= 15 is 0 Å². The predicted molar refractivity (Wildman–Crippen MR) is 61.0 cm³/mol. The van der Waals surface area contributed by atoms with Gasteiger partial charge in [-0.2, -0.15) is 0 Å². The van der Waals surface area contributed by atoms with Gasteiger partial charge in [-0.15, -0.1) is 0 Å². The molecule has 1 aromatic heterocycles. The SMILES string of the molecule is NS(=O)(=O)c1cc(C(F)F)nc(Br)c1I. The van der Waals surface area contributed by atoms with Gasteiger partial charge in [0.15, 0.2) is 0 Å². The molecule has 0 amide bonds. The Morgan fingerprint density at radius 2 is 2.07 bits per heavy atom. The summed E-state index contributed by atoms with van der Waals surface area (Å²) in [5.74, 6) is 0. The van der Waals surface area contributed by atoms with Crippen molar-refractivity contribution in [3.05, 3.63) is 19.9 Å². The largest absolute Gasteiger partial charge is 0.280 e. The zero-order chi connectivity index (χ0) is 11.8. The fraction of sp³-hybridized carbons (Fsp3) is 0.167. The summed E-state index contributed by atoms with van der Waals surface area (Å²) in [6.45, 7) is 0. The van der Waals surface area contributed by atoms with Gasteiger partial charge in [0.1, 0.15) is 10.3 Å². The van der Waals surface area contributed by atoms with Gasteiger partial charge in [0, 0.05) is 0 Å². The third-order valence-corrected chi connectivity index (χ3v) is 5.14. The first kappa shape index (κ1) is 13.2. The molecule has 1 rings (SSSR count). The van der Waals surface area contributed by atoms with E-state index in [1.807, 2.05) is 0 Å². The van der Waals surface area contributed by atoms with Crippen molar-refractivity contribution in [1.82, 2.24) is 4.98 Å². The van der Waals surface area contributed by atoms with Gasteiger partial charge < -0.3 is 0 Å². The van der Waals surface area contributed by atoms with Crippen molar-refractivity contribution in [1.29, 1.82) is 0 Å². The van der Waals surface area contributed by atoms with Crippen LogP contribution in [0.15, 0.2) is 15.6 Å².